The van der Waals surface area contributed by atoms with E-state index in [1.165, 1.54) is 135 Å². The van der Waals surface area contributed by atoms with Gasteiger partial charge in [0.2, 0.25) is 0 Å². The van der Waals surface area contributed by atoms with E-state index in [0.29, 0.717) is 0 Å². The standard InChI is InChI=1S/C28H62N4.5C2H4O2/c1-2-3-4-5-6-7-8-9-10-11-12-13-14-15-16-17-18-19-20-21-23-30-25-27-32-28-26-31-24-22-29;5*1-2(3)4/h30-32H,2-29H2,1H3;5*1H3,(H,3,4). The van der Waals surface area contributed by atoms with Crippen LogP contribution in [0.25, 0.3) is 0 Å². The molecule has 0 radical (unpaired) electrons. The molecule has 0 amide bonds. The molecule has 0 bridgehead atoms. The molecule has 0 saturated carbocycles. The number of nitrogens with two attached hydrogens (primary N) is 1. The van der Waals surface area contributed by atoms with Crippen LogP contribution in [0, 0.1) is 0 Å². The van der Waals surface area contributed by atoms with Gasteiger partial charge in [0, 0.05) is 73.9 Å². The van der Waals surface area contributed by atoms with Gasteiger partial charge in [-0.25, -0.2) is 0 Å². The van der Waals surface area contributed by atoms with E-state index < -0.39 is 29.8 Å². The SMILES string of the molecule is CC(=O)O.CC(=O)O.CC(=O)O.CC(=O)O.CC(=O)O.CCCCCCCCCCCCCCCCCCCCCCNCCNCCNCCN. The summed E-state index contributed by atoms with van der Waals surface area (Å²) >= 11 is 0. The predicted octanol–water partition coefficient (Wildman–Crippen LogP) is 6.99. The van der Waals surface area contributed by atoms with Crippen molar-refractivity contribution in [2.24, 2.45) is 5.73 Å². The average molecular weight is 755 g/mol. The smallest absolute Gasteiger partial charge is 0.300 e. The fourth-order valence-electron chi connectivity index (χ4n) is 4.34. The number of carboxylic acid groups (broad SMARTS) is 5. The normalized spacial score (nSPS) is 9.44. The zero-order valence-electron chi connectivity index (χ0n) is 33.9. The Balaban J connectivity index is -0.000000214. The lowest BCUT2D eigenvalue weighted by atomic mass is 10.0. The van der Waals surface area contributed by atoms with Crippen LogP contribution in [0.1, 0.15) is 170 Å². The molecule has 0 unspecified atom stereocenters. The molecule has 0 aliphatic carbocycles. The number of hydrogen-bond donors (Lipinski definition) is 9. The molecule has 0 saturated heterocycles. The van der Waals surface area contributed by atoms with Crippen molar-refractivity contribution in [2.45, 2.75) is 170 Å². The minimum Gasteiger partial charge on any atom is -0.481 e. The van der Waals surface area contributed by atoms with Gasteiger partial charge in [0.05, 0.1) is 0 Å². The molecule has 0 aliphatic heterocycles. The van der Waals surface area contributed by atoms with Crippen molar-refractivity contribution in [1.29, 1.82) is 0 Å². The third-order valence-electron chi connectivity index (χ3n) is 6.49. The molecule has 52 heavy (non-hydrogen) atoms. The van der Waals surface area contributed by atoms with Crippen molar-refractivity contribution in [3.05, 3.63) is 0 Å². The van der Waals surface area contributed by atoms with Gasteiger partial charge in [-0.05, 0) is 13.0 Å². The first-order valence-electron chi connectivity index (χ1n) is 19.4. The van der Waals surface area contributed by atoms with Crippen LogP contribution in [0.15, 0.2) is 0 Å². The molecular weight excluding hydrogens is 672 g/mol. The molecule has 0 atom stereocenters. The van der Waals surface area contributed by atoms with Gasteiger partial charge < -0.3 is 47.2 Å². The summed E-state index contributed by atoms with van der Waals surface area (Å²) in [7, 11) is 0. The first kappa shape index (κ1) is 61.2. The van der Waals surface area contributed by atoms with Gasteiger partial charge in [-0.1, -0.05) is 129 Å². The first-order valence-corrected chi connectivity index (χ1v) is 19.4. The Morgan fingerprint density at radius 2 is 0.519 bits per heavy atom. The lowest BCUT2D eigenvalue weighted by molar-refractivity contribution is -0.135. The monoisotopic (exact) mass is 755 g/mol. The van der Waals surface area contributed by atoms with Crippen molar-refractivity contribution < 1.29 is 49.5 Å². The summed E-state index contributed by atoms with van der Waals surface area (Å²) in [5.41, 5.74) is 5.44. The van der Waals surface area contributed by atoms with Gasteiger partial charge in [-0.15, -0.1) is 0 Å². The Hall–Kier alpha value is -2.81. The third-order valence-corrected chi connectivity index (χ3v) is 6.49. The van der Waals surface area contributed by atoms with E-state index in [1.54, 1.807) is 0 Å². The molecule has 10 N–H and O–H groups in total. The second kappa shape index (κ2) is 60.3. The first-order chi connectivity index (χ1) is 24.6. The zero-order chi connectivity index (χ0) is 41.1. The van der Waals surface area contributed by atoms with E-state index in [-0.39, 0.29) is 0 Å². The van der Waals surface area contributed by atoms with Crippen molar-refractivity contribution in [2.75, 3.05) is 45.8 Å². The molecular formula is C38H82N4O10. The van der Waals surface area contributed by atoms with E-state index in [4.69, 9.17) is 55.2 Å². The lowest BCUT2D eigenvalue weighted by Crippen LogP contribution is -2.34. The fourth-order valence-corrected chi connectivity index (χ4v) is 4.34. The van der Waals surface area contributed by atoms with Crippen molar-refractivity contribution >= 4 is 29.8 Å². The molecule has 0 aliphatic rings. The molecule has 14 nitrogen and oxygen atoms in total. The second-order valence-electron chi connectivity index (χ2n) is 12.4. The summed E-state index contributed by atoms with van der Waals surface area (Å²) in [4.78, 5) is 45.0. The molecule has 314 valence electrons. The molecule has 0 aromatic carbocycles. The van der Waals surface area contributed by atoms with E-state index in [1.807, 2.05) is 0 Å². The molecule has 0 spiro atoms. The minimum atomic E-state index is -0.833. The summed E-state index contributed by atoms with van der Waals surface area (Å²) in [6.45, 7) is 14.7. The van der Waals surface area contributed by atoms with E-state index in [2.05, 4.69) is 22.9 Å². The van der Waals surface area contributed by atoms with E-state index in [0.717, 1.165) is 73.9 Å². The average Bonchev–Trinajstić information content (AvgIpc) is 3.01. The summed E-state index contributed by atoms with van der Waals surface area (Å²) < 4.78 is 0. The maximum Gasteiger partial charge on any atom is 0.300 e. The Morgan fingerprint density at radius 3 is 0.731 bits per heavy atom. The third kappa shape index (κ3) is 147. The van der Waals surface area contributed by atoms with Crippen LogP contribution in [-0.2, 0) is 24.0 Å². The highest BCUT2D eigenvalue weighted by atomic mass is 16.4. The summed E-state index contributed by atoms with van der Waals surface area (Å²) in [6, 6.07) is 0. The minimum absolute atomic E-state index is 0.723. The molecule has 0 aromatic rings. The number of nitrogens with one attached hydrogen (secondary N) is 3. The summed E-state index contributed by atoms with van der Waals surface area (Å²) in [5.74, 6) is -4.17. The highest BCUT2D eigenvalue weighted by molar-refractivity contribution is 5.63. The number of unbranched alkanes of at least 4 members (excludes halogenated alkanes) is 19. The van der Waals surface area contributed by atoms with Crippen LogP contribution < -0.4 is 21.7 Å². The Kier molecular flexibility index (Phi) is 71.0. The Labute approximate surface area is 316 Å². The number of rotatable bonds is 29. The zero-order valence-corrected chi connectivity index (χ0v) is 33.9. The number of carbonyl (C=O) groups is 5. The predicted molar refractivity (Wildman–Crippen MR) is 212 cm³/mol. The van der Waals surface area contributed by atoms with Crippen molar-refractivity contribution in [3.63, 3.8) is 0 Å². The molecule has 0 heterocycles. The van der Waals surface area contributed by atoms with E-state index >= 15 is 0 Å². The topological polar surface area (TPSA) is 249 Å². The fraction of sp³-hybridized carbons (Fsp3) is 0.868. The number of hydrogen-bond acceptors (Lipinski definition) is 9. The van der Waals surface area contributed by atoms with Gasteiger partial charge >= 0.3 is 0 Å². The van der Waals surface area contributed by atoms with Gasteiger partial charge in [0.25, 0.3) is 29.8 Å². The Morgan fingerprint density at radius 1 is 0.346 bits per heavy atom. The van der Waals surface area contributed by atoms with Crippen LogP contribution >= 0.6 is 0 Å². The number of aliphatic carboxylic acids is 5. The van der Waals surface area contributed by atoms with Crippen LogP contribution in [0.5, 0.6) is 0 Å². The molecule has 0 fully saturated rings. The molecule has 0 aromatic heterocycles. The van der Waals surface area contributed by atoms with Crippen molar-refractivity contribution in [3.8, 4) is 0 Å². The molecule has 0 rings (SSSR count). The maximum absolute atomic E-state index is 9.00. The lowest BCUT2D eigenvalue weighted by Gasteiger charge is -2.07. The summed E-state index contributed by atoms with van der Waals surface area (Å²) in [6.07, 6.45) is 29.0. The second-order valence-corrected chi connectivity index (χ2v) is 12.4. The summed E-state index contributed by atoms with van der Waals surface area (Å²) in [5, 5.41) is 47.4. The highest BCUT2D eigenvalue weighted by Crippen LogP contribution is 2.14. The van der Waals surface area contributed by atoms with Crippen LogP contribution in [0.2, 0.25) is 0 Å². The van der Waals surface area contributed by atoms with Crippen LogP contribution in [-0.4, -0.2) is 101 Å². The maximum atomic E-state index is 9.00. The highest BCUT2D eigenvalue weighted by Gasteiger charge is 1.96. The van der Waals surface area contributed by atoms with Crippen molar-refractivity contribution in [1.82, 2.24) is 16.0 Å². The Bertz CT molecular complexity index is 625. The van der Waals surface area contributed by atoms with E-state index in [9.17, 15) is 0 Å². The van der Waals surface area contributed by atoms with Crippen LogP contribution in [0.3, 0.4) is 0 Å². The van der Waals surface area contributed by atoms with Gasteiger partial charge in [0.15, 0.2) is 0 Å². The molecule has 14 heteroatoms. The largest absolute Gasteiger partial charge is 0.481 e. The number of carboxylic acids is 5. The van der Waals surface area contributed by atoms with Crippen LogP contribution in [0.4, 0.5) is 0 Å². The van der Waals surface area contributed by atoms with Gasteiger partial charge in [0.1, 0.15) is 0 Å². The van der Waals surface area contributed by atoms with Gasteiger partial charge in [-0.3, -0.25) is 24.0 Å². The van der Waals surface area contributed by atoms with Gasteiger partial charge in [-0.2, -0.15) is 0 Å². The quantitative estimate of drug-likeness (QED) is 0.0349.